The van der Waals surface area contributed by atoms with Crippen LogP contribution in [0.15, 0.2) is 54.9 Å². The molecule has 0 spiro atoms. The normalized spacial score (nSPS) is 11.5. The van der Waals surface area contributed by atoms with E-state index in [4.69, 9.17) is 0 Å². The molecule has 0 aliphatic carbocycles. The van der Waals surface area contributed by atoms with Crippen molar-refractivity contribution in [2.75, 3.05) is 0 Å². The molecule has 4 nitrogen and oxygen atoms in total. The number of nitrogens with one attached hydrogen (secondary N) is 1. The number of rotatable bonds is 3. The van der Waals surface area contributed by atoms with Crippen LogP contribution in [0.25, 0.3) is 10.9 Å². The van der Waals surface area contributed by atoms with E-state index < -0.39 is 17.6 Å². The monoisotopic (exact) mass is 331 g/mol. The number of alkyl halides is 3. The molecular weight excluding hydrogens is 319 g/mol. The summed E-state index contributed by atoms with van der Waals surface area (Å²) >= 11 is 0. The van der Waals surface area contributed by atoms with Crippen LogP contribution in [0.5, 0.6) is 0 Å². The number of halogens is 3. The third-order valence-electron chi connectivity index (χ3n) is 3.43. The lowest BCUT2D eigenvalue weighted by Crippen LogP contribution is -2.24. The van der Waals surface area contributed by atoms with Crippen molar-refractivity contribution >= 4 is 16.8 Å². The number of hydrogen-bond donors (Lipinski definition) is 1. The first-order valence-corrected chi connectivity index (χ1v) is 7.08. The summed E-state index contributed by atoms with van der Waals surface area (Å²) in [6, 6.07) is 9.78. The predicted molar refractivity (Wildman–Crippen MR) is 82.2 cm³/mol. The zero-order valence-electron chi connectivity index (χ0n) is 12.3. The van der Waals surface area contributed by atoms with Crippen LogP contribution in [0.4, 0.5) is 13.2 Å². The van der Waals surface area contributed by atoms with Crippen molar-refractivity contribution in [1.82, 2.24) is 15.3 Å². The minimum Gasteiger partial charge on any atom is -0.347 e. The third-order valence-corrected chi connectivity index (χ3v) is 3.43. The van der Waals surface area contributed by atoms with E-state index in [2.05, 4.69) is 15.3 Å². The van der Waals surface area contributed by atoms with Crippen LogP contribution in [0, 0.1) is 0 Å². The van der Waals surface area contributed by atoms with Gasteiger partial charge in [0.2, 0.25) is 0 Å². The highest BCUT2D eigenvalue weighted by Gasteiger charge is 2.30. The number of carbonyl (C=O) groups excluding carboxylic acids is 1. The molecule has 1 amide bonds. The molecule has 0 bridgehead atoms. The summed E-state index contributed by atoms with van der Waals surface area (Å²) in [5.41, 5.74) is 0.436. The summed E-state index contributed by atoms with van der Waals surface area (Å²) in [5.74, 6) is -0.453. The van der Waals surface area contributed by atoms with Crippen molar-refractivity contribution in [1.29, 1.82) is 0 Å². The maximum Gasteiger partial charge on any atom is 0.416 e. The summed E-state index contributed by atoms with van der Waals surface area (Å²) in [5, 5.41) is 3.37. The number of carbonyl (C=O) groups is 1. The van der Waals surface area contributed by atoms with Gasteiger partial charge in [0.1, 0.15) is 5.69 Å². The number of hydrogen-bond acceptors (Lipinski definition) is 3. The van der Waals surface area contributed by atoms with Crippen molar-refractivity contribution in [3.63, 3.8) is 0 Å². The van der Waals surface area contributed by atoms with E-state index in [0.29, 0.717) is 11.1 Å². The molecule has 0 aliphatic rings. The van der Waals surface area contributed by atoms with E-state index in [-0.39, 0.29) is 12.2 Å². The SMILES string of the molecule is O=C(NCc1cccc(C(F)(F)F)c1)c1ccc2cnccc2n1. The van der Waals surface area contributed by atoms with Gasteiger partial charge in [0.05, 0.1) is 11.1 Å². The van der Waals surface area contributed by atoms with Crippen LogP contribution in [0.2, 0.25) is 0 Å². The predicted octanol–water partition coefficient (Wildman–Crippen LogP) is 3.58. The van der Waals surface area contributed by atoms with E-state index in [9.17, 15) is 18.0 Å². The molecule has 3 rings (SSSR count). The van der Waals surface area contributed by atoms with Crippen molar-refractivity contribution < 1.29 is 18.0 Å². The lowest BCUT2D eigenvalue weighted by atomic mass is 10.1. The molecule has 0 saturated heterocycles. The highest BCUT2D eigenvalue weighted by atomic mass is 19.4. The van der Waals surface area contributed by atoms with Gasteiger partial charge in [-0.15, -0.1) is 0 Å². The van der Waals surface area contributed by atoms with Crippen molar-refractivity contribution in [3.05, 3.63) is 71.7 Å². The van der Waals surface area contributed by atoms with Gasteiger partial charge in [-0.3, -0.25) is 9.78 Å². The summed E-state index contributed by atoms with van der Waals surface area (Å²) in [6.07, 6.45) is -1.21. The van der Waals surface area contributed by atoms with Crippen molar-refractivity contribution in [3.8, 4) is 0 Å². The molecule has 0 radical (unpaired) electrons. The Hall–Kier alpha value is -2.96. The van der Waals surface area contributed by atoms with Crippen LogP contribution in [-0.4, -0.2) is 15.9 Å². The number of pyridine rings is 2. The van der Waals surface area contributed by atoms with Gasteiger partial charge in [0.25, 0.3) is 5.91 Å². The summed E-state index contributed by atoms with van der Waals surface area (Å²) in [6.45, 7) is -0.0151. The van der Waals surface area contributed by atoms with Crippen LogP contribution in [-0.2, 0) is 12.7 Å². The van der Waals surface area contributed by atoms with Crippen LogP contribution in [0.1, 0.15) is 21.6 Å². The standard InChI is InChI=1S/C17H12F3N3O/c18-17(19,20)13-3-1-2-11(8-13)9-22-16(24)15-5-4-12-10-21-7-6-14(12)23-15/h1-8,10H,9H2,(H,22,24). The molecule has 24 heavy (non-hydrogen) atoms. The van der Waals surface area contributed by atoms with Gasteiger partial charge in [-0.1, -0.05) is 12.1 Å². The quantitative estimate of drug-likeness (QED) is 0.798. The Kier molecular flexibility index (Phi) is 4.16. The average molecular weight is 331 g/mol. The number of nitrogens with zero attached hydrogens (tertiary/aromatic N) is 2. The molecule has 2 heterocycles. The first kappa shape index (κ1) is 15.9. The van der Waals surface area contributed by atoms with Crippen LogP contribution in [0.3, 0.4) is 0 Å². The molecule has 1 aromatic carbocycles. The lowest BCUT2D eigenvalue weighted by Gasteiger charge is -2.09. The maximum absolute atomic E-state index is 12.7. The van der Waals surface area contributed by atoms with Crippen LogP contribution >= 0.6 is 0 Å². The largest absolute Gasteiger partial charge is 0.416 e. The number of amides is 1. The molecule has 0 unspecified atom stereocenters. The molecule has 0 atom stereocenters. The van der Waals surface area contributed by atoms with E-state index >= 15 is 0 Å². The van der Waals surface area contributed by atoms with E-state index in [1.54, 1.807) is 30.6 Å². The van der Waals surface area contributed by atoms with Crippen molar-refractivity contribution in [2.24, 2.45) is 0 Å². The van der Waals surface area contributed by atoms with Crippen LogP contribution < -0.4 is 5.32 Å². The van der Waals surface area contributed by atoms with E-state index in [1.165, 1.54) is 12.1 Å². The van der Waals surface area contributed by atoms with Crippen molar-refractivity contribution in [2.45, 2.75) is 12.7 Å². The Morgan fingerprint density at radius 1 is 1.12 bits per heavy atom. The Bertz CT molecular complexity index is 893. The second-order valence-electron chi connectivity index (χ2n) is 5.15. The second-order valence-corrected chi connectivity index (χ2v) is 5.15. The highest BCUT2D eigenvalue weighted by molar-refractivity contribution is 5.94. The number of aromatic nitrogens is 2. The minimum absolute atomic E-state index is 0.0151. The molecular formula is C17H12F3N3O. The molecule has 0 saturated carbocycles. The molecule has 7 heteroatoms. The molecule has 0 fully saturated rings. The van der Waals surface area contributed by atoms with Gasteiger partial charge in [0.15, 0.2) is 0 Å². The van der Waals surface area contributed by atoms with Gasteiger partial charge in [-0.2, -0.15) is 13.2 Å². The first-order valence-electron chi connectivity index (χ1n) is 7.08. The molecule has 2 aromatic heterocycles. The number of fused-ring (bicyclic) bond motifs is 1. The Morgan fingerprint density at radius 2 is 1.96 bits per heavy atom. The Labute approximate surface area is 135 Å². The fourth-order valence-electron chi connectivity index (χ4n) is 2.22. The molecule has 0 aliphatic heterocycles. The Morgan fingerprint density at radius 3 is 2.75 bits per heavy atom. The van der Waals surface area contributed by atoms with E-state index in [0.717, 1.165) is 17.5 Å². The van der Waals surface area contributed by atoms with Gasteiger partial charge in [0, 0.05) is 24.3 Å². The minimum atomic E-state index is -4.41. The molecule has 1 N–H and O–H groups in total. The highest BCUT2D eigenvalue weighted by Crippen LogP contribution is 2.29. The third kappa shape index (κ3) is 3.51. The summed E-state index contributed by atoms with van der Waals surface area (Å²) < 4.78 is 38.0. The van der Waals surface area contributed by atoms with Gasteiger partial charge in [-0.25, -0.2) is 4.98 Å². The smallest absolute Gasteiger partial charge is 0.347 e. The fraction of sp³-hybridized carbons (Fsp3) is 0.118. The average Bonchev–Trinajstić information content (AvgIpc) is 2.59. The van der Waals surface area contributed by atoms with E-state index in [1.807, 2.05) is 0 Å². The zero-order valence-corrected chi connectivity index (χ0v) is 12.3. The maximum atomic E-state index is 12.7. The number of benzene rings is 1. The lowest BCUT2D eigenvalue weighted by molar-refractivity contribution is -0.137. The molecule has 122 valence electrons. The van der Waals surface area contributed by atoms with Gasteiger partial charge >= 0.3 is 6.18 Å². The van der Waals surface area contributed by atoms with Gasteiger partial charge in [-0.05, 0) is 35.9 Å². The van der Waals surface area contributed by atoms with Gasteiger partial charge < -0.3 is 5.32 Å². The summed E-state index contributed by atoms with van der Waals surface area (Å²) in [4.78, 5) is 20.3. The Balaban J connectivity index is 1.73. The second kappa shape index (κ2) is 6.27. The first-order chi connectivity index (χ1) is 11.4. The summed E-state index contributed by atoms with van der Waals surface area (Å²) in [7, 11) is 0. The topological polar surface area (TPSA) is 54.9 Å². The zero-order chi connectivity index (χ0) is 17.2. The molecule has 3 aromatic rings. The fourth-order valence-corrected chi connectivity index (χ4v) is 2.22.